The highest BCUT2D eigenvalue weighted by Crippen LogP contribution is 2.28. The van der Waals surface area contributed by atoms with Crippen molar-refractivity contribution in [1.82, 2.24) is 14.3 Å². The van der Waals surface area contributed by atoms with E-state index in [-0.39, 0.29) is 11.5 Å². The van der Waals surface area contributed by atoms with Gasteiger partial charge in [-0.25, -0.2) is 4.79 Å². The fourth-order valence-electron chi connectivity index (χ4n) is 4.41. The van der Waals surface area contributed by atoms with Gasteiger partial charge in [-0.3, -0.25) is 9.59 Å². The summed E-state index contributed by atoms with van der Waals surface area (Å²) < 4.78 is 8.29. The summed E-state index contributed by atoms with van der Waals surface area (Å²) in [6, 6.07) is 15.3. The first-order valence-electron chi connectivity index (χ1n) is 11.6. The molecule has 1 N–H and O–H groups in total. The molecule has 4 rings (SSSR count). The first kappa shape index (κ1) is 23.9. The Morgan fingerprint density at radius 3 is 2.31 bits per heavy atom. The molecule has 8 nitrogen and oxygen atoms in total. The summed E-state index contributed by atoms with van der Waals surface area (Å²) in [5, 5.41) is 8.58. The van der Waals surface area contributed by atoms with Gasteiger partial charge in [0, 0.05) is 22.5 Å². The van der Waals surface area contributed by atoms with Gasteiger partial charge >= 0.3 is 5.97 Å². The van der Waals surface area contributed by atoms with Crippen LogP contribution >= 0.6 is 0 Å². The molecule has 1 amide bonds. The third-order valence-corrected chi connectivity index (χ3v) is 6.12. The largest absolute Gasteiger partial charge is 0.462 e. The first-order valence-corrected chi connectivity index (χ1v) is 11.6. The van der Waals surface area contributed by atoms with Crippen molar-refractivity contribution in [2.75, 3.05) is 11.9 Å². The van der Waals surface area contributed by atoms with Crippen molar-refractivity contribution in [3.05, 3.63) is 88.1 Å². The van der Waals surface area contributed by atoms with E-state index in [1.54, 1.807) is 37.4 Å². The van der Waals surface area contributed by atoms with Crippen LogP contribution in [0.4, 0.5) is 5.69 Å². The minimum Gasteiger partial charge on any atom is -0.462 e. The molecule has 2 aromatic heterocycles. The second kappa shape index (κ2) is 9.97. The predicted molar refractivity (Wildman–Crippen MR) is 135 cm³/mol. The molecule has 0 fully saturated rings. The van der Waals surface area contributed by atoms with E-state index >= 15 is 0 Å². The monoisotopic (exact) mass is 472 g/mol. The standard InChI is InChI=1S/C27H28N4O4/c1-5-23(25(32)29-20-14-12-19(13-15-20)27(34)35-6-2)30-17(3)22-16-28-31(21-10-8-7-9-11-21)26(33)24(22)18(30)4/h7-16,23H,5-6H2,1-4H3,(H,29,32). The lowest BCUT2D eigenvalue weighted by atomic mass is 10.1. The topological polar surface area (TPSA) is 95.2 Å². The van der Waals surface area contributed by atoms with Crippen LogP contribution in [0.3, 0.4) is 0 Å². The number of hydrogen-bond acceptors (Lipinski definition) is 5. The maximum absolute atomic E-state index is 13.4. The van der Waals surface area contributed by atoms with Crippen LogP contribution in [-0.4, -0.2) is 32.8 Å². The predicted octanol–water partition coefficient (Wildman–Crippen LogP) is 4.57. The van der Waals surface area contributed by atoms with Gasteiger partial charge in [0.1, 0.15) is 6.04 Å². The average Bonchev–Trinajstić information content (AvgIpc) is 3.11. The molecule has 0 aliphatic heterocycles. The zero-order chi connectivity index (χ0) is 25.1. The minimum atomic E-state index is -0.531. The Labute approximate surface area is 203 Å². The number of nitrogens with one attached hydrogen (secondary N) is 1. The normalized spacial score (nSPS) is 11.9. The van der Waals surface area contributed by atoms with E-state index in [9.17, 15) is 14.4 Å². The fourth-order valence-corrected chi connectivity index (χ4v) is 4.41. The Morgan fingerprint density at radius 2 is 1.69 bits per heavy atom. The number of aryl methyl sites for hydroxylation is 2. The zero-order valence-electron chi connectivity index (χ0n) is 20.2. The fraction of sp³-hybridized carbons (Fsp3) is 0.259. The first-order chi connectivity index (χ1) is 16.9. The van der Waals surface area contributed by atoms with E-state index in [2.05, 4.69) is 10.4 Å². The number of nitrogens with zero attached hydrogens (tertiary/aromatic N) is 3. The SMILES string of the molecule is CCOC(=O)c1ccc(NC(=O)C(CC)n2c(C)c3cnn(-c4ccccc4)c(=O)c3c2C)cc1. The molecule has 2 heterocycles. The molecule has 8 heteroatoms. The number of benzene rings is 2. The number of para-hydroxylation sites is 1. The van der Waals surface area contributed by atoms with Gasteiger partial charge in [0.05, 0.1) is 29.4 Å². The molecule has 0 bridgehead atoms. The summed E-state index contributed by atoms with van der Waals surface area (Å²) in [5.74, 6) is -0.615. The summed E-state index contributed by atoms with van der Waals surface area (Å²) in [4.78, 5) is 38.5. The Bertz CT molecular complexity index is 1440. The highest BCUT2D eigenvalue weighted by atomic mass is 16.5. The van der Waals surface area contributed by atoms with Gasteiger partial charge in [-0.2, -0.15) is 9.78 Å². The van der Waals surface area contributed by atoms with Crippen molar-refractivity contribution in [2.24, 2.45) is 0 Å². The number of hydrogen-bond donors (Lipinski definition) is 1. The van der Waals surface area contributed by atoms with Crippen LogP contribution in [0.15, 0.2) is 65.6 Å². The Hall–Kier alpha value is -4.20. The van der Waals surface area contributed by atoms with Crippen molar-refractivity contribution in [3.63, 3.8) is 0 Å². The van der Waals surface area contributed by atoms with Crippen molar-refractivity contribution >= 4 is 28.3 Å². The molecule has 0 saturated carbocycles. The maximum atomic E-state index is 13.4. The van der Waals surface area contributed by atoms with Gasteiger partial charge in [-0.15, -0.1) is 0 Å². The Kier molecular flexibility index (Phi) is 6.82. The minimum absolute atomic E-state index is 0.209. The smallest absolute Gasteiger partial charge is 0.338 e. The summed E-state index contributed by atoms with van der Waals surface area (Å²) in [7, 11) is 0. The van der Waals surface area contributed by atoms with Crippen LogP contribution < -0.4 is 10.9 Å². The molecule has 2 aromatic carbocycles. The molecule has 35 heavy (non-hydrogen) atoms. The molecule has 1 unspecified atom stereocenters. The van der Waals surface area contributed by atoms with Crippen molar-refractivity contribution in [3.8, 4) is 5.69 Å². The van der Waals surface area contributed by atoms with E-state index in [1.807, 2.05) is 55.7 Å². The molecule has 0 radical (unpaired) electrons. The van der Waals surface area contributed by atoms with Gasteiger partial charge in [0.15, 0.2) is 0 Å². The van der Waals surface area contributed by atoms with Crippen LogP contribution in [0.2, 0.25) is 0 Å². The highest BCUT2D eigenvalue weighted by Gasteiger charge is 2.26. The summed E-state index contributed by atoms with van der Waals surface area (Å²) in [5.41, 5.74) is 2.97. The number of rotatable bonds is 7. The van der Waals surface area contributed by atoms with Gasteiger partial charge < -0.3 is 14.6 Å². The number of carbonyl (C=O) groups excluding carboxylic acids is 2. The summed E-state index contributed by atoms with van der Waals surface area (Å²) in [6.45, 7) is 7.73. The Morgan fingerprint density at radius 1 is 1.00 bits per heavy atom. The average molecular weight is 473 g/mol. The molecule has 0 spiro atoms. The quantitative estimate of drug-likeness (QED) is 0.398. The third kappa shape index (κ3) is 4.47. The summed E-state index contributed by atoms with van der Waals surface area (Å²) in [6.07, 6.45) is 2.21. The van der Waals surface area contributed by atoms with E-state index in [4.69, 9.17) is 4.74 Å². The number of fused-ring (bicyclic) bond motifs is 1. The second-order valence-electron chi connectivity index (χ2n) is 8.24. The zero-order valence-corrected chi connectivity index (χ0v) is 20.2. The molecular weight excluding hydrogens is 444 g/mol. The number of esters is 1. The van der Waals surface area contributed by atoms with Crippen LogP contribution in [0, 0.1) is 13.8 Å². The molecule has 0 aliphatic rings. The molecular formula is C27H28N4O4. The van der Waals surface area contributed by atoms with E-state index in [0.717, 1.165) is 11.1 Å². The van der Waals surface area contributed by atoms with E-state index in [0.29, 0.717) is 41.0 Å². The molecule has 180 valence electrons. The van der Waals surface area contributed by atoms with Crippen molar-refractivity contribution < 1.29 is 14.3 Å². The number of ether oxygens (including phenoxy) is 1. The number of carbonyl (C=O) groups is 2. The summed E-state index contributed by atoms with van der Waals surface area (Å²) >= 11 is 0. The molecule has 4 aromatic rings. The second-order valence-corrected chi connectivity index (χ2v) is 8.24. The lowest BCUT2D eigenvalue weighted by molar-refractivity contribution is -0.119. The van der Waals surface area contributed by atoms with Crippen LogP contribution in [0.1, 0.15) is 48.1 Å². The lowest BCUT2D eigenvalue weighted by Gasteiger charge is -2.21. The lowest BCUT2D eigenvalue weighted by Crippen LogP contribution is -2.27. The molecule has 1 atom stereocenters. The molecule has 0 saturated heterocycles. The third-order valence-electron chi connectivity index (χ3n) is 6.12. The van der Waals surface area contributed by atoms with Gasteiger partial charge in [0.2, 0.25) is 5.91 Å². The van der Waals surface area contributed by atoms with E-state index in [1.165, 1.54) is 4.68 Å². The van der Waals surface area contributed by atoms with Crippen LogP contribution in [0.5, 0.6) is 0 Å². The van der Waals surface area contributed by atoms with Crippen molar-refractivity contribution in [1.29, 1.82) is 0 Å². The van der Waals surface area contributed by atoms with Gasteiger partial charge in [0.25, 0.3) is 5.56 Å². The van der Waals surface area contributed by atoms with Crippen molar-refractivity contribution in [2.45, 2.75) is 40.2 Å². The van der Waals surface area contributed by atoms with Crippen LogP contribution in [0.25, 0.3) is 16.5 Å². The van der Waals surface area contributed by atoms with Gasteiger partial charge in [-0.1, -0.05) is 25.1 Å². The number of amides is 1. The maximum Gasteiger partial charge on any atom is 0.338 e. The number of anilines is 1. The molecule has 0 aliphatic carbocycles. The number of aromatic nitrogens is 3. The Balaban J connectivity index is 1.68. The van der Waals surface area contributed by atoms with Crippen LogP contribution in [-0.2, 0) is 9.53 Å². The van der Waals surface area contributed by atoms with Gasteiger partial charge in [-0.05, 0) is 63.6 Å². The van der Waals surface area contributed by atoms with E-state index < -0.39 is 12.0 Å². The highest BCUT2D eigenvalue weighted by molar-refractivity contribution is 5.96.